The van der Waals surface area contributed by atoms with E-state index < -0.39 is 0 Å². The third kappa shape index (κ3) is 9.77. The molecule has 0 radical (unpaired) electrons. The number of nitrogens with one attached hydrogen (secondary N) is 1. The minimum Gasteiger partial charge on any atom is -0.508 e. The number of benzene rings is 4. The van der Waals surface area contributed by atoms with E-state index in [-0.39, 0.29) is 17.6 Å². The second kappa shape index (κ2) is 16.4. The Balaban J connectivity index is 1.32. The van der Waals surface area contributed by atoms with E-state index in [1.165, 1.54) is 11.6 Å². The van der Waals surface area contributed by atoms with Gasteiger partial charge in [0, 0.05) is 47.0 Å². The molecule has 0 aromatic heterocycles. The van der Waals surface area contributed by atoms with Crippen molar-refractivity contribution in [3.8, 4) is 17.2 Å². The number of thiol groups is 1. The van der Waals surface area contributed by atoms with Crippen LogP contribution in [-0.2, 0) is 12.8 Å². The van der Waals surface area contributed by atoms with Gasteiger partial charge in [-0.05, 0) is 100 Å². The van der Waals surface area contributed by atoms with E-state index in [4.69, 9.17) is 4.74 Å². The predicted octanol–water partition coefficient (Wildman–Crippen LogP) is 7.62. The quantitative estimate of drug-likeness (QED) is 0.102. The number of amides is 1. The summed E-state index contributed by atoms with van der Waals surface area (Å²) in [5.41, 5.74) is 4.84. The van der Waals surface area contributed by atoms with Gasteiger partial charge in [0.1, 0.15) is 17.2 Å². The molecular weight excluding hydrogens is 580 g/mol. The third-order valence-electron chi connectivity index (χ3n) is 8.19. The molecule has 1 atom stereocenters. The Bertz CT molecular complexity index is 1520. The molecule has 45 heavy (non-hydrogen) atoms. The van der Waals surface area contributed by atoms with Crippen molar-refractivity contribution in [3.63, 3.8) is 0 Å². The minimum absolute atomic E-state index is 0.0486. The lowest BCUT2D eigenvalue weighted by Crippen LogP contribution is -2.38. The molecule has 1 amide bonds. The topological polar surface area (TPSA) is 82.0 Å². The second-order valence-electron chi connectivity index (χ2n) is 12.0. The van der Waals surface area contributed by atoms with Gasteiger partial charge in [-0.1, -0.05) is 54.6 Å². The van der Waals surface area contributed by atoms with Crippen LogP contribution < -0.4 is 10.1 Å². The van der Waals surface area contributed by atoms with Gasteiger partial charge in [-0.15, -0.1) is 12.6 Å². The van der Waals surface area contributed by atoms with Crippen LogP contribution in [0.5, 0.6) is 17.2 Å². The highest BCUT2D eigenvalue weighted by Gasteiger charge is 2.22. The molecule has 238 valence electrons. The van der Waals surface area contributed by atoms with Gasteiger partial charge in [-0.3, -0.25) is 9.69 Å². The number of carbonyl (C=O) groups is 1. The number of nitrogens with zero attached hydrogens (tertiary/aromatic N) is 1. The number of aromatic hydroxyl groups is 2. The van der Waals surface area contributed by atoms with Crippen LogP contribution in [-0.4, -0.2) is 52.8 Å². The predicted molar refractivity (Wildman–Crippen MR) is 185 cm³/mol. The first-order valence-electron chi connectivity index (χ1n) is 15.8. The lowest BCUT2D eigenvalue weighted by Gasteiger charge is -2.32. The first kappa shape index (κ1) is 33.9. The molecule has 0 aliphatic rings. The van der Waals surface area contributed by atoms with Gasteiger partial charge in [0.25, 0.3) is 5.91 Å². The maximum absolute atomic E-state index is 12.4. The molecule has 0 saturated carbocycles. The van der Waals surface area contributed by atoms with Gasteiger partial charge in [0.05, 0.1) is 6.61 Å². The van der Waals surface area contributed by atoms with Crippen molar-refractivity contribution in [2.75, 3.05) is 19.7 Å². The monoisotopic (exact) mass is 626 g/mol. The number of hydrogen-bond acceptors (Lipinski definition) is 6. The molecule has 0 aliphatic heterocycles. The fraction of sp³-hybridized carbons (Fsp3) is 0.342. The number of carbonyl (C=O) groups excluding carboxylic acids is 1. The van der Waals surface area contributed by atoms with Gasteiger partial charge in [0.15, 0.2) is 0 Å². The maximum atomic E-state index is 12.4. The summed E-state index contributed by atoms with van der Waals surface area (Å²) in [7, 11) is 0. The van der Waals surface area contributed by atoms with E-state index in [1.54, 1.807) is 12.1 Å². The molecule has 4 rings (SSSR count). The van der Waals surface area contributed by atoms with E-state index >= 15 is 0 Å². The van der Waals surface area contributed by atoms with Gasteiger partial charge in [-0.2, -0.15) is 0 Å². The number of hydrogen-bond donors (Lipinski definition) is 4. The zero-order valence-electron chi connectivity index (χ0n) is 26.7. The Hall–Kier alpha value is -3.94. The molecule has 6 nitrogen and oxygen atoms in total. The van der Waals surface area contributed by atoms with E-state index in [9.17, 15) is 15.0 Å². The van der Waals surface area contributed by atoms with Crippen LogP contribution in [0, 0.1) is 0 Å². The van der Waals surface area contributed by atoms with Crippen molar-refractivity contribution in [1.82, 2.24) is 10.2 Å². The van der Waals surface area contributed by atoms with Gasteiger partial charge < -0.3 is 20.3 Å². The van der Waals surface area contributed by atoms with Crippen LogP contribution in [0.25, 0.3) is 0 Å². The maximum Gasteiger partial charge on any atom is 0.251 e. The van der Waals surface area contributed by atoms with Crippen LogP contribution in [0.15, 0.2) is 95.9 Å². The number of phenols is 2. The molecule has 0 unspecified atom stereocenters. The summed E-state index contributed by atoms with van der Waals surface area (Å²) in [6.45, 7) is 10.9. The molecule has 0 aliphatic carbocycles. The molecule has 7 heteroatoms. The third-order valence-corrected chi connectivity index (χ3v) is 8.55. The van der Waals surface area contributed by atoms with Crippen LogP contribution in [0.4, 0.5) is 0 Å². The zero-order valence-corrected chi connectivity index (χ0v) is 27.6. The smallest absolute Gasteiger partial charge is 0.251 e. The lowest BCUT2D eigenvalue weighted by atomic mass is 9.86. The normalized spacial score (nSPS) is 12.1. The first-order chi connectivity index (χ1) is 21.6. The summed E-state index contributed by atoms with van der Waals surface area (Å²) in [4.78, 5) is 15.3. The van der Waals surface area contributed by atoms with Crippen molar-refractivity contribution >= 4 is 18.5 Å². The van der Waals surface area contributed by atoms with Gasteiger partial charge >= 0.3 is 0 Å². The number of ether oxygens (including phenoxy) is 1. The highest BCUT2D eigenvalue weighted by atomic mass is 32.1. The summed E-state index contributed by atoms with van der Waals surface area (Å²) in [5, 5.41) is 23.5. The highest BCUT2D eigenvalue weighted by molar-refractivity contribution is 7.80. The van der Waals surface area contributed by atoms with Gasteiger partial charge in [-0.25, -0.2) is 0 Å². The number of phenolic OH excluding ortho intramolecular Hbond substituents is 2. The summed E-state index contributed by atoms with van der Waals surface area (Å²) >= 11 is 4.17. The number of rotatable bonds is 15. The van der Waals surface area contributed by atoms with E-state index in [0.29, 0.717) is 47.9 Å². The first-order valence-corrected chi connectivity index (χ1v) is 16.2. The lowest BCUT2D eigenvalue weighted by molar-refractivity contribution is 0.0954. The average molecular weight is 627 g/mol. The van der Waals surface area contributed by atoms with Crippen molar-refractivity contribution < 1.29 is 19.7 Å². The van der Waals surface area contributed by atoms with Crippen molar-refractivity contribution in [3.05, 3.63) is 119 Å². The van der Waals surface area contributed by atoms with Crippen LogP contribution >= 0.6 is 12.6 Å². The zero-order chi connectivity index (χ0) is 32.3. The minimum atomic E-state index is -0.203. The van der Waals surface area contributed by atoms with Crippen LogP contribution in [0.3, 0.4) is 0 Å². The molecule has 3 N–H and O–H groups in total. The highest BCUT2D eigenvalue weighted by Crippen LogP contribution is 2.35. The molecule has 0 saturated heterocycles. The molecule has 0 heterocycles. The van der Waals surface area contributed by atoms with Crippen LogP contribution in [0.2, 0.25) is 0 Å². The Kier molecular flexibility index (Phi) is 12.4. The summed E-state index contributed by atoms with van der Waals surface area (Å²) in [5.74, 6) is 1.05. The molecular formula is C38H46N2O4S. The van der Waals surface area contributed by atoms with E-state index in [2.05, 4.69) is 80.9 Å². The second-order valence-corrected chi connectivity index (χ2v) is 12.5. The summed E-state index contributed by atoms with van der Waals surface area (Å²) in [6, 6.07) is 29.8. The van der Waals surface area contributed by atoms with E-state index in [0.717, 1.165) is 41.8 Å². The standard InChI is InChI=1S/C38H46N2O4S/c1-26(2)40(27(3)4)22-19-33(30-8-6-5-7-9-30)34-24-29(12-16-35(34)41)20-23-44-32-14-10-28(11-15-32)18-21-39-38(43)31-13-17-36(42)37(45)25-31/h5-17,24-27,33,41-42,45H,18-23H2,1-4H3,(H,39,43)/t33-/m1/s1. The average Bonchev–Trinajstić information content (AvgIpc) is 3.02. The van der Waals surface area contributed by atoms with Crippen LogP contribution in [0.1, 0.15) is 72.6 Å². The Labute approximate surface area is 273 Å². The van der Waals surface area contributed by atoms with Crippen molar-refractivity contribution in [2.24, 2.45) is 0 Å². The molecule has 0 fully saturated rings. The van der Waals surface area contributed by atoms with Gasteiger partial charge in [0.2, 0.25) is 0 Å². The van der Waals surface area contributed by atoms with Crippen molar-refractivity contribution in [1.29, 1.82) is 0 Å². The largest absolute Gasteiger partial charge is 0.508 e. The molecule has 0 spiro atoms. The Morgan fingerprint density at radius 3 is 2.16 bits per heavy atom. The molecule has 4 aromatic carbocycles. The fourth-order valence-electron chi connectivity index (χ4n) is 5.74. The molecule has 0 bridgehead atoms. The Morgan fingerprint density at radius 1 is 0.822 bits per heavy atom. The summed E-state index contributed by atoms with van der Waals surface area (Å²) < 4.78 is 6.07. The molecule has 4 aromatic rings. The Morgan fingerprint density at radius 2 is 1.49 bits per heavy atom. The SMILES string of the molecule is CC(C)N(CC[C@H](c1ccccc1)c1cc(CCOc2ccc(CCNC(=O)c3ccc(O)c(S)c3)cc2)ccc1O)C(C)C. The summed E-state index contributed by atoms with van der Waals surface area (Å²) in [6.07, 6.45) is 2.32. The van der Waals surface area contributed by atoms with E-state index in [1.807, 2.05) is 42.5 Å². The van der Waals surface area contributed by atoms with Crippen molar-refractivity contribution in [2.45, 2.75) is 69.9 Å². The fourth-order valence-corrected chi connectivity index (χ4v) is 5.96.